The van der Waals surface area contributed by atoms with Crippen LogP contribution in [-0.4, -0.2) is 30.6 Å². The standard InChI is InChI=1S/C20H26N2O2/c1-13-8-9-18-16(12-13)19(15-6-4-5-7-17(15)22-18)20(23)21-14(2)10-11-24-3/h8-9,12,14H,4-7,10-11H2,1-3H3,(H,21,23). The van der Waals surface area contributed by atoms with Gasteiger partial charge < -0.3 is 10.1 Å². The molecule has 0 bridgehead atoms. The van der Waals surface area contributed by atoms with E-state index in [4.69, 9.17) is 9.72 Å². The minimum Gasteiger partial charge on any atom is -0.385 e. The van der Waals surface area contributed by atoms with Crippen molar-refractivity contribution in [2.24, 2.45) is 0 Å². The van der Waals surface area contributed by atoms with Crippen molar-refractivity contribution in [2.75, 3.05) is 13.7 Å². The van der Waals surface area contributed by atoms with Crippen LogP contribution in [0, 0.1) is 6.92 Å². The molecule has 1 aromatic heterocycles. The molecule has 1 amide bonds. The molecule has 0 spiro atoms. The van der Waals surface area contributed by atoms with E-state index in [1.807, 2.05) is 13.0 Å². The summed E-state index contributed by atoms with van der Waals surface area (Å²) >= 11 is 0. The average molecular weight is 326 g/mol. The molecule has 1 unspecified atom stereocenters. The summed E-state index contributed by atoms with van der Waals surface area (Å²) in [5.41, 5.74) is 5.17. The fourth-order valence-corrected chi connectivity index (χ4v) is 3.46. The molecule has 0 radical (unpaired) electrons. The van der Waals surface area contributed by atoms with Gasteiger partial charge in [0.25, 0.3) is 5.91 Å². The lowest BCUT2D eigenvalue weighted by atomic mass is 9.89. The largest absolute Gasteiger partial charge is 0.385 e. The number of amides is 1. The summed E-state index contributed by atoms with van der Waals surface area (Å²) in [6.07, 6.45) is 5.01. The van der Waals surface area contributed by atoms with E-state index >= 15 is 0 Å². The first-order valence-corrected chi connectivity index (χ1v) is 8.82. The van der Waals surface area contributed by atoms with E-state index in [9.17, 15) is 4.79 Å². The zero-order valence-electron chi connectivity index (χ0n) is 14.8. The topological polar surface area (TPSA) is 51.2 Å². The van der Waals surface area contributed by atoms with Gasteiger partial charge in [-0.3, -0.25) is 9.78 Å². The lowest BCUT2D eigenvalue weighted by Gasteiger charge is -2.22. The monoisotopic (exact) mass is 326 g/mol. The molecule has 128 valence electrons. The summed E-state index contributed by atoms with van der Waals surface area (Å²) in [5.74, 6) is 0.0229. The average Bonchev–Trinajstić information content (AvgIpc) is 2.57. The van der Waals surface area contributed by atoms with E-state index < -0.39 is 0 Å². The summed E-state index contributed by atoms with van der Waals surface area (Å²) in [5, 5.41) is 4.12. The third-order valence-electron chi connectivity index (χ3n) is 4.78. The minimum atomic E-state index is 0.0229. The molecule has 0 fully saturated rings. The van der Waals surface area contributed by atoms with E-state index in [-0.39, 0.29) is 11.9 Å². The van der Waals surface area contributed by atoms with Crippen molar-refractivity contribution in [1.82, 2.24) is 10.3 Å². The van der Waals surface area contributed by atoms with Crippen molar-refractivity contribution >= 4 is 16.8 Å². The van der Waals surface area contributed by atoms with Crippen LogP contribution >= 0.6 is 0 Å². The molecule has 1 aromatic carbocycles. The summed E-state index contributed by atoms with van der Waals surface area (Å²) in [4.78, 5) is 17.9. The Morgan fingerprint density at radius 2 is 2.12 bits per heavy atom. The van der Waals surface area contributed by atoms with Crippen LogP contribution in [0.4, 0.5) is 0 Å². The highest BCUT2D eigenvalue weighted by molar-refractivity contribution is 6.08. The maximum Gasteiger partial charge on any atom is 0.252 e. The zero-order valence-corrected chi connectivity index (χ0v) is 14.8. The van der Waals surface area contributed by atoms with Crippen molar-refractivity contribution in [1.29, 1.82) is 0 Å². The van der Waals surface area contributed by atoms with Crippen molar-refractivity contribution in [3.05, 3.63) is 40.6 Å². The molecule has 4 heteroatoms. The number of aromatic nitrogens is 1. The Kier molecular flexibility index (Phi) is 5.14. The summed E-state index contributed by atoms with van der Waals surface area (Å²) in [7, 11) is 1.68. The number of rotatable bonds is 5. The Hall–Kier alpha value is -1.94. The fraction of sp³-hybridized carbons (Fsp3) is 0.500. The third-order valence-corrected chi connectivity index (χ3v) is 4.78. The minimum absolute atomic E-state index is 0.0229. The number of nitrogens with one attached hydrogen (secondary N) is 1. The van der Waals surface area contributed by atoms with Crippen LogP contribution in [0.5, 0.6) is 0 Å². The van der Waals surface area contributed by atoms with Gasteiger partial charge in [0, 0.05) is 30.8 Å². The van der Waals surface area contributed by atoms with E-state index in [2.05, 4.69) is 24.4 Å². The molecule has 1 aliphatic rings. The SMILES string of the molecule is COCCC(C)NC(=O)c1c2c(nc3ccc(C)cc13)CCCC2. The first kappa shape index (κ1) is 16.9. The maximum atomic E-state index is 13.0. The van der Waals surface area contributed by atoms with Gasteiger partial charge in [-0.1, -0.05) is 11.6 Å². The number of carbonyl (C=O) groups is 1. The number of methoxy groups -OCH3 is 1. The zero-order chi connectivity index (χ0) is 17.1. The molecule has 1 atom stereocenters. The Morgan fingerprint density at radius 3 is 2.92 bits per heavy atom. The third kappa shape index (κ3) is 3.44. The van der Waals surface area contributed by atoms with Gasteiger partial charge in [0.15, 0.2) is 0 Å². The number of fused-ring (bicyclic) bond motifs is 2. The smallest absolute Gasteiger partial charge is 0.252 e. The lowest BCUT2D eigenvalue weighted by molar-refractivity contribution is 0.0930. The number of ether oxygens (including phenoxy) is 1. The molecule has 0 aliphatic heterocycles. The Labute approximate surface area is 143 Å². The van der Waals surface area contributed by atoms with Crippen molar-refractivity contribution in [2.45, 2.75) is 52.0 Å². The fourth-order valence-electron chi connectivity index (χ4n) is 3.46. The normalized spacial score (nSPS) is 15.1. The van der Waals surface area contributed by atoms with Gasteiger partial charge in [0.2, 0.25) is 0 Å². The molecule has 0 saturated carbocycles. The molecule has 1 heterocycles. The van der Waals surface area contributed by atoms with E-state index in [1.165, 1.54) is 0 Å². The van der Waals surface area contributed by atoms with Crippen molar-refractivity contribution in [3.63, 3.8) is 0 Å². The van der Waals surface area contributed by atoms with Crippen LogP contribution in [0.3, 0.4) is 0 Å². The highest BCUT2D eigenvalue weighted by atomic mass is 16.5. The van der Waals surface area contributed by atoms with Crippen LogP contribution in [-0.2, 0) is 17.6 Å². The summed E-state index contributed by atoms with van der Waals surface area (Å²) in [6, 6.07) is 6.27. The number of benzene rings is 1. The van der Waals surface area contributed by atoms with E-state index in [0.717, 1.165) is 65.4 Å². The van der Waals surface area contributed by atoms with Crippen LogP contribution in [0.15, 0.2) is 18.2 Å². The lowest BCUT2D eigenvalue weighted by Crippen LogP contribution is -2.34. The number of hydrogen-bond acceptors (Lipinski definition) is 3. The summed E-state index contributed by atoms with van der Waals surface area (Å²) in [6.45, 7) is 4.73. The van der Waals surface area contributed by atoms with Gasteiger partial charge in [-0.2, -0.15) is 0 Å². The van der Waals surface area contributed by atoms with Crippen LogP contribution in [0.25, 0.3) is 10.9 Å². The van der Waals surface area contributed by atoms with Gasteiger partial charge in [-0.15, -0.1) is 0 Å². The molecular formula is C20H26N2O2. The molecular weight excluding hydrogens is 300 g/mol. The van der Waals surface area contributed by atoms with Crippen LogP contribution in [0.2, 0.25) is 0 Å². The van der Waals surface area contributed by atoms with Crippen molar-refractivity contribution in [3.8, 4) is 0 Å². The molecule has 24 heavy (non-hydrogen) atoms. The Bertz CT molecular complexity index is 755. The van der Waals surface area contributed by atoms with Gasteiger partial charge in [0.1, 0.15) is 0 Å². The van der Waals surface area contributed by atoms with Crippen molar-refractivity contribution < 1.29 is 9.53 Å². The van der Waals surface area contributed by atoms with Gasteiger partial charge >= 0.3 is 0 Å². The van der Waals surface area contributed by atoms with Crippen LogP contribution < -0.4 is 5.32 Å². The van der Waals surface area contributed by atoms with Crippen LogP contribution in [0.1, 0.15) is 53.4 Å². The number of carbonyl (C=O) groups excluding carboxylic acids is 1. The number of nitrogens with zero attached hydrogens (tertiary/aromatic N) is 1. The first-order chi connectivity index (χ1) is 11.6. The highest BCUT2D eigenvalue weighted by Gasteiger charge is 2.23. The van der Waals surface area contributed by atoms with Gasteiger partial charge in [-0.25, -0.2) is 0 Å². The maximum absolute atomic E-state index is 13.0. The molecule has 2 aromatic rings. The highest BCUT2D eigenvalue weighted by Crippen LogP contribution is 2.30. The molecule has 3 rings (SSSR count). The Morgan fingerprint density at radius 1 is 1.33 bits per heavy atom. The second kappa shape index (κ2) is 7.31. The molecule has 4 nitrogen and oxygen atoms in total. The molecule has 0 saturated heterocycles. The molecule has 1 aliphatic carbocycles. The second-order valence-corrected chi connectivity index (χ2v) is 6.80. The second-order valence-electron chi connectivity index (χ2n) is 6.80. The predicted octanol–water partition coefficient (Wildman–Crippen LogP) is 3.58. The van der Waals surface area contributed by atoms with E-state index in [1.54, 1.807) is 7.11 Å². The van der Waals surface area contributed by atoms with E-state index in [0.29, 0.717) is 6.61 Å². The van der Waals surface area contributed by atoms with Gasteiger partial charge in [0.05, 0.1) is 11.1 Å². The number of hydrogen-bond donors (Lipinski definition) is 1. The number of aryl methyl sites for hydroxylation is 2. The summed E-state index contributed by atoms with van der Waals surface area (Å²) < 4.78 is 5.11. The van der Waals surface area contributed by atoms with Gasteiger partial charge in [-0.05, 0) is 63.6 Å². The first-order valence-electron chi connectivity index (χ1n) is 8.82. The quantitative estimate of drug-likeness (QED) is 0.914. The Balaban J connectivity index is 2.03. The molecule has 1 N–H and O–H groups in total. The predicted molar refractivity (Wildman–Crippen MR) is 96.5 cm³/mol. The number of pyridine rings is 1.